The van der Waals surface area contributed by atoms with Gasteiger partial charge in [-0.25, -0.2) is 4.39 Å². The highest BCUT2D eigenvalue weighted by atomic mass is 19.1. The Morgan fingerprint density at radius 2 is 1.88 bits per heavy atom. The predicted molar refractivity (Wildman–Crippen MR) is 83.8 cm³/mol. The van der Waals surface area contributed by atoms with Gasteiger partial charge in [0.15, 0.2) is 5.69 Å². The number of amides is 2. The molecular weight excluding hydrogens is 313 g/mol. The standard InChI is InChI=1S/C17H18FN3O3/c1-12-9-15(19-24-12)17(23)21-7-5-20(6-8-21)16(22)11-13-3-2-4-14(18)10-13/h2-4,9-10H,5-8,11H2,1H3. The zero-order valence-corrected chi connectivity index (χ0v) is 13.4. The largest absolute Gasteiger partial charge is 0.361 e. The summed E-state index contributed by atoms with van der Waals surface area (Å²) in [6.07, 6.45) is 0.161. The maximum atomic E-state index is 13.2. The van der Waals surface area contributed by atoms with Crippen LogP contribution in [-0.4, -0.2) is 52.9 Å². The molecule has 126 valence electrons. The highest BCUT2D eigenvalue weighted by Crippen LogP contribution is 2.11. The Labute approximate surface area is 138 Å². The topological polar surface area (TPSA) is 66.7 Å². The van der Waals surface area contributed by atoms with Gasteiger partial charge in [0.1, 0.15) is 11.6 Å². The van der Waals surface area contributed by atoms with Crippen molar-refractivity contribution in [1.82, 2.24) is 15.0 Å². The van der Waals surface area contributed by atoms with Crippen LogP contribution in [0.5, 0.6) is 0 Å². The van der Waals surface area contributed by atoms with Crippen molar-refractivity contribution in [2.75, 3.05) is 26.2 Å². The van der Waals surface area contributed by atoms with Gasteiger partial charge in [0.05, 0.1) is 6.42 Å². The third-order valence-corrected chi connectivity index (χ3v) is 4.01. The molecule has 1 aliphatic heterocycles. The lowest BCUT2D eigenvalue weighted by atomic mass is 10.1. The number of hydrogen-bond donors (Lipinski definition) is 0. The summed E-state index contributed by atoms with van der Waals surface area (Å²) in [5.41, 5.74) is 0.934. The molecule has 24 heavy (non-hydrogen) atoms. The van der Waals surface area contributed by atoms with E-state index in [9.17, 15) is 14.0 Å². The van der Waals surface area contributed by atoms with E-state index in [1.54, 1.807) is 34.9 Å². The summed E-state index contributed by atoms with van der Waals surface area (Å²) < 4.78 is 18.1. The molecule has 0 spiro atoms. The summed E-state index contributed by atoms with van der Waals surface area (Å²) in [4.78, 5) is 27.9. The molecule has 1 aliphatic rings. The normalized spacial score (nSPS) is 14.8. The second kappa shape index (κ2) is 6.82. The van der Waals surface area contributed by atoms with Gasteiger partial charge in [-0.15, -0.1) is 0 Å². The first-order valence-corrected chi connectivity index (χ1v) is 7.78. The number of halogens is 1. The van der Waals surface area contributed by atoms with E-state index in [0.717, 1.165) is 0 Å². The Balaban J connectivity index is 1.54. The first-order valence-electron chi connectivity index (χ1n) is 7.78. The van der Waals surface area contributed by atoms with E-state index < -0.39 is 0 Å². The maximum Gasteiger partial charge on any atom is 0.276 e. The van der Waals surface area contributed by atoms with Gasteiger partial charge >= 0.3 is 0 Å². The second-order valence-corrected chi connectivity index (χ2v) is 5.80. The van der Waals surface area contributed by atoms with Crippen LogP contribution in [-0.2, 0) is 11.2 Å². The van der Waals surface area contributed by atoms with Crippen LogP contribution in [0.15, 0.2) is 34.9 Å². The fourth-order valence-electron chi connectivity index (χ4n) is 2.72. The molecule has 0 saturated carbocycles. The van der Waals surface area contributed by atoms with Crippen LogP contribution in [0.2, 0.25) is 0 Å². The Kier molecular flexibility index (Phi) is 4.59. The number of benzene rings is 1. The zero-order chi connectivity index (χ0) is 17.1. The maximum absolute atomic E-state index is 13.2. The number of carbonyl (C=O) groups excluding carboxylic acids is 2. The smallest absolute Gasteiger partial charge is 0.276 e. The summed E-state index contributed by atoms with van der Waals surface area (Å²) in [6, 6.07) is 7.64. The van der Waals surface area contributed by atoms with Crippen LogP contribution < -0.4 is 0 Å². The third kappa shape index (κ3) is 3.61. The summed E-state index contributed by atoms with van der Waals surface area (Å²) in [5.74, 6) is -0.0186. The molecule has 7 heteroatoms. The lowest BCUT2D eigenvalue weighted by Crippen LogP contribution is -2.51. The summed E-state index contributed by atoms with van der Waals surface area (Å²) in [6.45, 7) is 3.53. The SMILES string of the molecule is Cc1cc(C(=O)N2CCN(C(=O)Cc3cccc(F)c3)CC2)no1. The Morgan fingerprint density at radius 1 is 1.17 bits per heavy atom. The zero-order valence-electron chi connectivity index (χ0n) is 13.4. The average Bonchev–Trinajstić information content (AvgIpc) is 3.01. The summed E-state index contributed by atoms with van der Waals surface area (Å²) in [7, 11) is 0. The molecule has 1 aromatic carbocycles. The fourth-order valence-corrected chi connectivity index (χ4v) is 2.72. The van der Waals surface area contributed by atoms with Crippen molar-refractivity contribution < 1.29 is 18.5 Å². The molecule has 0 aliphatic carbocycles. The highest BCUT2D eigenvalue weighted by molar-refractivity contribution is 5.92. The quantitative estimate of drug-likeness (QED) is 0.858. The molecule has 1 saturated heterocycles. The Bertz CT molecular complexity index is 751. The van der Waals surface area contributed by atoms with Gasteiger partial charge in [0.25, 0.3) is 5.91 Å². The van der Waals surface area contributed by atoms with Crippen molar-refractivity contribution >= 4 is 11.8 Å². The van der Waals surface area contributed by atoms with Gasteiger partial charge < -0.3 is 14.3 Å². The number of hydrogen-bond acceptors (Lipinski definition) is 4. The first-order chi connectivity index (χ1) is 11.5. The summed E-state index contributed by atoms with van der Waals surface area (Å²) in [5, 5.41) is 3.73. The van der Waals surface area contributed by atoms with Gasteiger partial charge in [-0.3, -0.25) is 9.59 Å². The molecule has 0 N–H and O–H groups in total. The van der Waals surface area contributed by atoms with Crippen LogP contribution in [0.3, 0.4) is 0 Å². The van der Waals surface area contributed by atoms with Crippen molar-refractivity contribution in [2.24, 2.45) is 0 Å². The summed E-state index contributed by atoms with van der Waals surface area (Å²) >= 11 is 0. The lowest BCUT2D eigenvalue weighted by molar-refractivity contribution is -0.131. The van der Waals surface area contributed by atoms with E-state index >= 15 is 0 Å². The fraction of sp³-hybridized carbons (Fsp3) is 0.353. The number of piperazine rings is 1. The molecule has 3 rings (SSSR count). The number of aryl methyl sites for hydroxylation is 1. The molecule has 0 atom stereocenters. The third-order valence-electron chi connectivity index (χ3n) is 4.01. The van der Waals surface area contributed by atoms with Crippen LogP contribution in [0.1, 0.15) is 21.8 Å². The van der Waals surface area contributed by atoms with Gasteiger partial charge in [-0.05, 0) is 24.6 Å². The molecule has 2 aromatic rings. The number of aromatic nitrogens is 1. The van der Waals surface area contributed by atoms with Crippen LogP contribution in [0.4, 0.5) is 4.39 Å². The molecule has 0 radical (unpaired) electrons. The van der Waals surface area contributed by atoms with Crippen LogP contribution in [0, 0.1) is 12.7 Å². The molecule has 1 aromatic heterocycles. The van der Waals surface area contributed by atoms with E-state index in [1.165, 1.54) is 12.1 Å². The van der Waals surface area contributed by atoms with Gasteiger partial charge in [-0.1, -0.05) is 17.3 Å². The van der Waals surface area contributed by atoms with Gasteiger partial charge in [0.2, 0.25) is 5.91 Å². The van der Waals surface area contributed by atoms with Gasteiger partial charge in [0, 0.05) is 32.2 Å². The van der Waals surface area contributed by atoms with E-state index in [1.807, 2.05) is 0 Å². The van der Waals surface area contributed by atoms with E-state index in [0.29, 0.717) is 37.5 Å². The average molecular weight is 331 g/mol. The van der Waals surface area contributed by atoms with E-state index in [2.05, 4.69) is 5.16 Å². The molecule has 0 bridgehead atoms. The van der Waals surface area contributed by atoms with Crippen LogP contribution >= 0.6 is 0 Å². The van der Waals surface area contributed by atoms with Crippen molar-refractivity contribution in [3.05, 3.63) is 53.2 Å². The van der Waals surface area contributed by atoms with Crippen molar-refractivity contribution in [3.8, 4) is 0 Å². The molecule has 2 amide bonds. The highest BCUT2D eigenvalue weighted by Gasteiger charge is 2.26. The van der Waals surface area contributed by atoms with Crippen molar-refractivity contribution in [1.29, 1.82) is 0 Å². The molecule has 6 nitrogen and oxygen atoms in total. The van der Waals surface area contributed by atoms with E-state index in [4.69, 9.17) is 4.52 Å². The molecule has 0 unspecified atom stereocenters. The Morgan fingerprint density at radius 3 is 2.50 bits per heavy atom. The van der Waals surface area contributed by atoms with Gasteiger partial charge in [-0.2, -0.15) is 0 Å². The number of rotatable bonds is 3. The first kappa shape index (κ1) is 16.2. The van der Waals surface area contributed by atoms with Crippen molar-refractivity contribution in [3.63, 3.8) is 0 Å². The second-order valence-electron chi connectivity index (χ2n) is 5.80. The molecule has 1 fully saturated rings. The van der Waals surface area contributed by atoms with Crippen molar-refractivity contribution in [2.45, 2.75) is 13.3 Å². The molecule has 2 heterocycles. The lowest BCUT2D eigenvalue weighted by Gasteiger charge is -2.34. The molecular formula is C17H18FN3O3. The number of nitrogens with zero attached hydrogens (tertiary/aromatic N) is 3. The number of carbonyl (C=O) groups is 2. The minimum atomic E-state index is -0.348. The monoisotopic (exact) mass is 331 g/mol. The van der Waals surface area contributed by atoms with Crippen LogP contribution in [0.25, 0.3) is 0 Å². The predicted octanol–water partition coefficient (Wildman–Crippen LogP) is 1.65. The van der Waals surface area contributed by atoms with E-state index in [-0.39, 0.29) is 29.7 Å². The minimum absolute atomic E-state index is 0.0648. The minimum Gasteiger partial charge on any atom is -0.361 e. The Hall–Kier alpha value is -2.70.